The van der Waals surface area contributed by atoms with Crippen molar-refractivity contribution < 1.29 is 5.11 Å². The summed E-state index contributed by atoms with van der Waals surface area (Å²) < 4.78 is 0. The van der Waals surface area contributed by atoms with E-state index in [9.17, 15) is 5.11 Å². The summed E-state index contributed by atoms with van der Waals surface area (Å²) in [6.45, 7) is 8.69. The van der Waals surface area contributed by atoms with Crippen LogP contribution in [0.25, 0.3) is 0 Å². The lowest BCUT2D eigenvalue weighted by atomic mass is 9.95. The molecule has 0 bridgehead atoms. The molecule has 1 unspecified atom stereocenters. The topological polar surface area (TPSA) is 35.5 Å². The van der Waals surface area contributed by atoms with E-state index in [-0.39, 0.29) is 0 Å². The molecular formula is C16H26N2O. The van der Waals surface area contributed by atoms with Crippen LogP contribution in [0.1, 0.15) is 45.2 Å². The van der Waals surface area contributed by atoms with Crippen LogP contribution in [0.2, 0.25) is 0 Å². The number of aliphatic hydroxyl groups is 1. The van der Waals surface area contributed by atoms with Gasteiger partial charge in [0.25, 0.3) is 0 Å². The quantitative estimate of drug-likeness (QED) is 0.856. The summed E-state index contributed by atoms with van der Waals surface area (Å²) in [5, 5.41) is 13.7. The maximum absolute atomic E-state index is 10.0. The molecule has 0 radical (unpaired) electrons. The van der Waals surface area contributed by atoms with Crippen LogP contribution in [0.3, 0.4) is 0 Å². The first-order valence-electron chi connectivity index (χ1n) is 7.31. The fourth-order valence-corrected chi connectivity index (χ4v) is 2.79. The molecule has 19 heavy (non-hydrogen) atoms. The average molecular weight is 262 g/mol. The highest BCUT2D eigenvalue weighted by atomic mass is 16.3. The lowest BCUT2D eigenvalue weighted by molar-refractivity contribution is 0.0866. The summed E-state index contributed by atoms with van der Waals surface area (Å²) in [6, 6.07) is 9.01. The van der Waals surface area contributed by atoms with E-state index < -0.39 is 5.60 Å². The van der Waals surface area contributed by atoms with Gasteiger partial charge in [-0.05, 0) is 44.9 Å². The number of rotatable bonds is 5. The third kappa shape index (κ3) is 3.71. The van der Waals surface area contributed by atoms with Crippen molar-refractivity contribution in [3.05, 3.63) is 29.8 Å². The number of nitrogens with zero attached hydrogens (tertiary/aromatic N) is 1. The van der Waals surface area contributed by atoms with Gasteiger partial charge in [0, 0.05) is 24.8 Å². The van der Waals surface area contributed by atoms with Crippen LogP contribution in [0.15, 0.2) is 24.3 Å². The van der Waals surface area contributed by atoms with Crippen molar-refractivity contribution in [2.24, 2.45) is 0 Å². The zero-order valence-electron chi connectivity index (χ0n) is 12.3. The van der Waals surface area contributed by atoms with Crippen molar-refractivity contribution in [1.82, 2.24) is 5.32 Å². The molecule has 3 heteroatoms. The third-order valence-corrected chi connectivity index (χ3v) is 3.56. The maximum Gasteiger partial charge on any atom is 0.0765 e. The summed E-state index contributed by atoms with van der Waals surface area (Å²) in [5.74, 6) is 0. The standard InChI is InChI=1S/C16H26N2O/c1-4-10-17-14-9-11-18(12-16(2,3)19)15-8-6-5-7-13(14)15/h5-8,14,17,19H,4,9-12H2,1-3H3. The first kappa shape index (κ1) is 14.4. The zero-order valence-corrected chi connectivity index (χ0v) is 12.3. The number of anilines is 1. The van der Waals surface area contributed by atoms with Gasteiger partial charge in [0.15, 0.2) is 0 Å². The maximum atomic E-state index is 10.0. The Morgan fingerprint density at radius 3 is 2.79 bits per heavy atom. The summed E-state index contributed by atoms with van der Waals surface area (Å²) in [4.78, 5) is 2.31. The van der Waals surface area contributed by atoms with Crippen LogP contribution in [0.4, 0.5) is 5.69 Å². The second-order valence-electron chi connectivity index (χ2n) is 6.09. The number of benzene rings is 1. The molecule has 0 saturated heterocycles. The molecule has 106 valence electrons. The molecule has 2 N–H and O–H groups in total. The van der Waals surface area contributed by atoms with E-state index in [1.165, 1.54) is 11.3 Å². The van der Waals surface area contributed by atoms with Gasteiger partial charge in [-0.15, -0.1) is 0 Å². The summed E-state index contributed by atoms with van der Waals surface area (Å²) >= 11 is 0. The van der Waals surface area contributed by atoms with Crippen molar-refractivity contribution in [1.29, 1.82) is 0 Å². The number of nitrogens with one attached hydrogen (secondary N) is 1. The van der Waals surface area contributed by atoms with Gasteiger partial charge in [-0.3, -0.25) is 0 Å². The smallest absolute Gasteiger partial charge is 0.0765 e. The average Bonchev–Trinajstić information content (AvgIpc) is 2.36. The summed E-state index contributed by atoms with van der Waals surface area (Å²) in [5.41, 5.74) is 1.98. The lowest BCUT2D eigenvalue weighted by Crippen LogP contribution is -2.43. The van der Waals surface area contributed by atoms with Gasteiger partial charge in [-0.25, -0.2) is 0 Å². The molecule has 1 heterocycles. The molecule has 2 rings (SSSR count). The molecule has 1 aromatic carbocycles. The number of para-hydroxylation sites is 1. The van der Waals surface area contributed by atoms with Gasteiger partial charge >= 0.3 is 0 Å². The van der Waals surface area contributed by atoms with Crippen molar-refractivity contribution in [3.8, 4) is 0 Å². The van der Waals surface area contributed by atoms with Crippen LogP contribution < -0.4 is 10.2 Å². The first-order valence-corrected chi connectivity index (χ1v) is 7.31. The highest BCUT2D eigenvalue weighted by Gasteiger charge is 2.27. The van der Waals surface area contributed by atoms with Crippen molar-refractivity contribution in [3.63, 3.8) is 0 Å². The van der Waals surface area contributed by atoms with E-state index in [0.29, 0.717) is 12.6 Å². The molecular weight excluding hydrogens is 236 g/mol. The predicted octanol–water partition coefficient (Wildman–Crippen LogP) is 2.71. The van der Waals surface area contributed by atoms with Gasteiger partial charge in [-0.2, -0.15) is 0 Å². The summed E-state index contributed by atoms with van der Waals surface area (Å²) in [6.07, 6.45) is 2.26. The number of hydrogen-bond donors (Lipinski definition) is 2. The Balaban J connectivity index is 2.19. The van der Waals surface area contributed by atoms with E-state index in [0.717, 1.165) is 25.9 Å². The van der Waals surface area contributed by atoms with Crippen LogP contribution in [0.5, 0.6) is 0 Å². The highest BCUT2D eigenvalue weighted by Crippen LogP contribution is 2.34. The fourth-order valence-electron chi connectivity index (χ4n) is 2.79. The second-order valence-corrected chi connectivity index (χ2v) is 6.09. The molecule has 1 aliphatic heterocycles. The molecule has 1 aliphatic rings. The minimum absolute atomic E-state index is 0.453. The minimum atomic E-state index is -0.656. The van der Waals surface area contributed by atoms with Gasteiger partial charge in [0.2, 0.25) is 0 Å². The minimum Gasteiger partial charge on any atom is -0.389 e. The SMILES string of the molecule is CCCNC1CCN(CC(C)(C)O)c2ccccc21. The molecule has 0 aromatic heterocycles. The Hall–Kier alpha value is -1.06. The second kappa shape index (κ2) is 5.93. The van der Waals surface area contributed by atoms with Gasteiger partial charge in [0.1, 0.15) is 0 Å². The van der Waals surface area contributed by atoms with Crippen molar-refractivity contribution >= 4 is 5.69 Å². The van der Waals surface area contributed by atoms with E-state index in [1.807, 2.05) is 13.8 Å². The Bertz CT molecular complexity index is 411. The summed E-state index contributed by atoms with van der Waals surface area (Å²) in [7, 11) is 0. The molecule has 0 saturated carbocycles. The van der Waals surface area contributed by atoms with Crippen molar-refractivity contribution in [2.45, 2.75) is 45.3 Å². The zero-order chi connectivity index (χ0) is 13.9. The predicted molar refractivity (Wildman–Crippen MR) is 80.6 cm³/mol. The Morgan fingerprint density at radius 1 is 1.37 bits per heavy atom. The van der Waals surface area contributed by atoms with Crippen LogP contribution in [0, 0.1) is 0 Å². The van der Waals surface area contributed by atoms with Crippen LogP contribution in [-0.4, -0.2) is 30.3 Å². The first-order chi connectivity index (χ1) is 9.01. The molecule has 0 amide bonds. The Labute approximate surface area is 116 Å². The molecule has 0 aliphatic carbocycles. The van der Waals surface area contributed by atoms with Gasteiger partial charge in [0.05, 0.1) is 5.60 Å². The Kier molecular flexibility index (Phi) is 4.48. The third-order valence-electron chi connectivity index (χ3n) is 3.56. The molecule has 3 nitrogen and oxygen atoms in total. The van der Waals surface area contributed by atoms with E-state index >= 15 is 0 Å². The van der Waals surface area contributed by atoms with Gasteiger partial charge < -0.3 is 15.3 Å². The number of hydrogen-bond acceptors (Lipinski definition) is 3. The van der Waals surface area contributed by atoms with E-state index in [2.05, 4.69) is 41.4 Å². The van der Waals surface area contributed by atoms with E-state index in [1.54, 1.807) is 0 Å². The number of β-amino-alcohol motifs (C(OH)–C–C–N with tert-alkyl or cyclic N) is 1. The largest absolute Gasteiger partial charge is 0.389 e. The molecule has 0 spiro atoms. The monoisotopic (exact) mass is 262 g/mol. The molecule has 1 atom stereocenters. The van der Waals surface area contributed by atoms with Crippen LogP contribution >= 0.6 is 0 Å². The Morgan fingerprint density at radius 2 is 2.11 bits per heavy atom. The number of fused-ring (bicyclic) bond motifs is 1. The fraction of sp³-hybridized carbons (Fsp3) is 0.625. The molecule has 0 fully saturated rings. The van der Waals surface area contributed by atoms with Gasteiger partial charge in [-0.1, -0.05) is 25.1 Å². The van der Waals surface area contributed by atoms with Crippen LogP contribution in [-0.2, 0) is 0 Å². The lowest BCUT2D eigenvalue weighted by Gasteiger charge is -2.39. The highest BCUT2D eigenvalue weighted by molar-refractivity contribution is 5.57. The molecule has 1 aromatic rings. The van der Waals surface area contributed by atoms with Crippen molar-refractivity contribution in [2.75, 3.05) is 24.5 Å². The van der Waals surface area contributed by atoms with E-state index in [4.69, 9.17) is 0 Å². The normalized spacial score (nSPS) is 19.4.